The second-order valence-corrected chi connectivity index (χ2v) is 9.57. The van der Waals surface area contributed by atoms with Crippen LogP contribution in [0.15, 0.2) is 53.1 Å². The number of ether oxygens (including phenoxy) is 1. The van der Waals surface area contributed by atoms with Gasteiger partial charge < -0.3 is 9.26 Å². The first-order chi connectivity index (χ1) is 16.6. The van der Waals surface area contributed by atoms with E-state index in [0.29, 0.717) is 17.4 Å². The summed E-state index contributed by atoms with van der Waals surface area (Å²) in [6.45, 7) is 9.01. The van der Waals surface area contributed by atoms with Gasteiger partial charge in [-0.25, -0.2) is 4.98 Å². The number of aryl methyl sites for hydroxylation is 2. The normalized spacial score (nSPS) is 14.5. The minimum atomic E-state index is -0.193. The molecule has 4 aromatic rings. The van der Waals surface area contributed by atoms with E-state index in [-0.39, 0.29) is 11.6 Å². The molecule has 0 atom stereocenters. The summed E-state index contributed by atoms with van der Waals surface area (Å²) in [6.07, 6.45) is 0.836. The zero-order valence-corrected chi connectivity index (χ0v) is 20.3. The predicted octanol–water partition coefficient (Wildman–Crippen LogP) is 4.94. The van der Waals surface area contributed by atoms with Crippen LogP contribution < -0.4 is 4.90 Å². The molecule has 0 N–H and O–H groups in total. The highest BCUT2D eigenvalue weighted by atomic mass is 32.1. The Labute approximate surface area is 202 Å². The van der Waals surface area contributed by atoms with E-state index < -0.39 is 0 Å². The Morgan fingerprint density at radius 1 is 1.12 bits per heavy atom. The summed E-state index contributed by atoms with van der Waals surface area (Å²) in [5, 5.41) is 4.80. The van der Waals surface area contributed by atoms with Gasteiger partial charge in [0.1, 0.15) is 0 Å². The first kappa shape index (κ1) is 22.7. The van der Waals surface area contributed by atoms with Gasteiger partial charge in [-0.3, -0.25) is 14.6 Å². The highest BCUT2D eigenvalue weighted by molar-refractivity contribution is 7.22. The van der Waals surface area contributed by atoms with Crippen molar-refractivity contribution in [1.82, 2.24) is 15.0 Å². The maximum atomic E-state index is 13.6. The second kappa shape index (κ2) is 10.0. The van der Waals surface area contributed by atoms with Crippen molar-refractivity contribution in [2.45, 2.75) is 20.3 Å². The van der Waals surface area contributed by atoms with Crippen molar-refractivity contribution >= 4 is 32.6 Å². The van der Waals surface area contributed by atoms with Crippen molar-refractivity contribution in [2.75, 3.05) is 44.3 Å². The zero-order valence-electron chi connectivity index (χ0n) is 19.5. The number of hydrogen-bond acceptors (Lipinski definition) is 7. The Bertz CT molecular complexity index is 1280. The Morgan fingerprint density at radius 3 is 2.71 bits per heavy atom. The largest absolute Gasteiger partial charge is 0.379 e. The number of thiazole rings is 1. The van der Waals surface area contributed by atoms with Gasteiger partial charge in [-0.15, -0.1) is 0 Å². The molecule has 0 saturated carbocycles. The quantitative estimate of drug-likeness (QED) is 0.376. The molecule has 0 radical (unpaired) electrons. The average molecular weight is 477 g/mol. The molecule has 1 aliphatic heterocycles. The van der Waals surface area contributed by atoms with Crippen LogP contribution in [0.3, 0.4) is 0 Å². The Hall–Kier alpha value is -3.07. The molecular formula is C26H28N4O3S. The molecule has 176 valence electrons. The van der Waals surface area contributed by atoms with E-state index in [4.69, 9.17) is 14.2 Å². The van der Waals surface area contributed by atoms with E-state index in [1.54, 1.807) is 22.3 Å². The summed E-state index contributed by atoms with van der Waals surface area (Å²) in [6, 6.07) is 15.6. The highest BCUT2D eigenvalue weighted by Gasteiger charge is 2.25. The van der Waals surface area contributed by atoms with Crippen LogP contribution in [0, 0.1) is 13.8 Å². The minimum absolute atomic E-state index is 0.193. The van der Waals surface area contributed by atoms with Gasteiger partial charge in [-0.2, -0.15) is 0 Å². The SMILES string of the molecule is Cc1ccc2sc(N(CCCN3CCOCC3)C(=O)c3cc(-c4ccccc4)on3)nc2c1C. The molecule has 0 spiro atoms. The van der Waals surface area contributed by atoms with Crippen molar-refractivity contribution in [3.8, 4) is 11.3 Å². The smallest absolute Gasteiger partial charge is 0.282 e. The molecule has 1 aliphatic rings. The van der Waals surface area contributed by atoms with Crippen LogP contribution in [-0.2, 0) is 4.74 Å². The second-order valence-electron chi connectivity index (χ2n) is 8.56. The van der Waals surface area contributed by atoms with Crippen molar-refractivity contribution in [1.29, 1.82) is 0 Å². The molecule has 5 rings (SSSR count). The van der Waals surface area contributed by atoms with Crippen LogP contribution in [0.4, 0.5) is 5.13 Å². The molecule has 1 saturated heterocycles. The fourth-order valence-corrected chi connectivity index (χ4v) is 5.19. The molecule has 2 aromatic carbocycles. The van der Waals surface area contributed by atoms with Crippen molar-refractivity contribution < 1.29 is 14.1 Å². The summed E-state index contributed by atoms with van der Waals surface area (Å²) in [7, 11) is 0. The first-order valence-corrected chi connectivity index (χ1v) is 12.4. The highest BCUT2D eigenvalue weighted by Crippen LogP contribution is 2.33. The van der Waals surface area contributed by atoms with E-state index in [1.807, 2.05) is 30.3 Å². The lowest BCUT2D eigenvalue weighted by atomic mass is 10.1. The fourth-order valence-electron chi connectivity index (χ4n) is 4.14. The molecule has 1 amide bonds. The molecular weight excluding hydrogens is 448 g/mol. The van der Waals surface area contributed by atoms with Crippen LogP contribution in [0.25, 0.3) is 21.5 Å². The van der Waals surface area contributed by atoms with Crippen molar-refractivity contribution in [3.63, 3.8) is 0 Å². The number of carbonyl (C=O) groups is 1. The van der Waals surface area contributed by atoms with Crippen LogP contribution in [0.1, 0.15) is 28.0 Å². The average Bonchev–Trinajstić information content (AvgIpc) is 3.53. The number of fused-ring (bicyclic) bond motifs is 1. The maximum absolute atomic E-state index is 13.6. The topological polar surface area (TPSA) is 71.7 Å². The van der Waals surface area contributed by atoms with Crippen molar-refractivity contribution in [3.05, 3.63) is 65.4 Å². The van der Waals surface area contributed by atoms with Crippen LogP contribution >= 0.6 is 11.3 Å². The van der Waals surface area contributed by atoms with Crippen LogP contribution in [0.2, 0.25) is 0 Å². The van der Waals surface area contributed by atoms with Crippen molar-refractivity contribution in [2.24, 2.45) is 0 Å². The number of carbonyl (C=O) groups excluding carboxylic acids is 1. The fraction of sp³-hybridized carbons (Fsp3) is 0.346. The monoisotopic (exact) mass is 476 g/mol. The molecule has 2 aromatic heterocycles. The zero-order chi connectivity index (χ0) is 23.5. The third-order valence-electron chi connectivity index (χ3n) is 6.30. The number of anilines is 1. The number of amides is 1. The van der Waals surface area contributed by atoms with E-state index in [2.05, 4.69) is 36.0 Å². The van der Waals surface area contributed by atoms with Gasteiger partial charge in [0, 0.05) is 37.8 Å². The van der Waals surface area contributed by atoms with Gasteiger partial charge in [0.25, 0.3) is 5.91 Å². The molecule has 3 heterocycles. The standard InChI is InChI=1S/C26H28N4O3S/c1-18-9-10-23-24(19(18)2)27-26(34-23)30(12-6-11-29-13-15-32-16-14-29)25(31)21-17-22(33-28-21)20-7-4-3-5-8-20/h3-5,7-10,17H,6,11-16H2,1-2H3. The molecule has 8 heteroatoms. The Balaban J connectivity index is 1.42. The van der Waals surface area contributed by atoms with E-state index in [0.717, 1.165) is 60.6 Å². The summed E-state index contributed by atoms with van der Waals surface area (Å²) < 4.78 is 12.0. The van der Waals surface area contributed by atoms with Gasteiger partial charge in [-0.1, -0.05) is 52.9 Å². The van der Waals surface area contributed by atoms with Gasteiger partial charge in [0.05, 0.1) is 23.4 Å². The van der Waals surface area contributed by atoms with E-state index in [1.165, 1.54) is 5.56 Å². The van der Waals surface area contributed by atoms with Gasteiger partial charge in [0.15, 0.2) is 16.6 Å². The van der Waals surface area contributed by atoms with Gasteiger partial charge in [-0.05, 0) is 37.5 Å². The molecule has 0 unspecified atom stereocenters. The van der Waals surface area contributed by atoms with Gasteiger partial charge in [0.2, 0.25) is 0 Å². The Kier molecular flexibility index (Phi) is 6.71. The van der Waals surface area contributed by atoms with E-state index in [9.17, 15) is 4.79 Å². The number of aromatic nitrogens is 2. The Morgan fingerprint density at radius 2 is 1.91 bits per heavy atom. The third-order valence-corrected chi connectivity index (χ3v) is 7.34. The number of morpholine rings is 1. The van der Waals surface area contributed by atoms with Crippen LogP contribution in [0.5, 0.6) is 0 Å². The number of rotatable bonds is 7. The van der Waals surface area contributed by atoms with Gasteiger partial charge >= 0.3 is 0 Å². The molecule has 34 heavy (non-hydrogen) atoms. The van der Waals surface area contributed by atoms with Crippen LogP contribution in [-0.4, -0.2) is 60.3 Å². The molecule has 1 fully saturated rings. The maximum Gasteiger partial charge on any atom is 0.282 e. The number of hydrogen-bond donors (Lipinski definition) is 0. The third kappa shape index (κ3) is 4.75. The molecule has 7 nitrogen and oxygen atoms in total. The molecule has 0 aliphatic carbocycles. The number of nitrogens with zero attached hydrogens (tertiary/aromatic N) is 4. The summed E-state index contributed by atoms with van der Waals surface area (Å²) in [5.41, 5.74) is 4.47. The lowest BCUT2D eigenvalue weighted by molar-refractivity contribution is 0.0376. The summed E-state index contributed by atoms with van der Waals surface area (Å²) >= 11 is 1.54. The predicted molar refractivity (Wildman–Crippen MR) is 135 cm³/mol. The minimum Gasteiger partial charge on any atom is -0.379 e. The number of benzene rings is 2. The lowest BCUT2D eigenvalue weighted by Crippen LogP contribution is -2.39. The summed E-state index contributed by atoms with van der Waals surface area (Å²) in [5.74, 6) is 0.384. The first-order valence-electron chi connectivity index (χ1n) is 11.6. The lowest BCUT2D eigenvalue weighted by Gasteiger charge is -2.27. The summed E-state index contributed by atoms with van der Waals surface area (Å²) in [4.78, 5) is 22.7. The molecule has 0 bridgehead atoms. The van der Waals surface area contributed by atoms with E-state index >= 15 is 0 Å².